The minimum absolute atomic E-state index is 0.194. The van der Waals surface area contributed by atoms with Gasteiger partial charge in [-0.1, -0.05) is 35.9 Å². The van der Waals surface area contributed by atoms with Crippen LogP contribution >= 0.6 is 11.6 Å². The Bertz CT molecular complexity index is 593. The summed E-state index contributed by atoms with van der Waals surface area (Å²) in [6, 6.07) is 7.86. The summed E-state index contributed by atoms with van der Waals surface area (Å²) >= 11 is 6.03. The second-order valence-electron chi connectivity index (χ2n) is 6.89. The molecule has 0 unspecified atom stereocenters. The molecule has 1 aromatic carbocycles. The fourth-order valence-corrected chi connectivity index (χ4v) is 3.40. The summed E-state index contributed by atoms with van der Waals surface area (Å²) in [7, 11) is 3.36. The van der Waals surface area contributed by atoms with Gasteiger partial charge in [0, 0.05) is 45.4 Å². The average Bonchev–Trinajstić information content (AvgIpc) is 2.68. The van der Waals surface area contributed by atoms with Gasteiger partial charge in [-0.05, 0) is 36.5 Å². The number of methoxy groups -OCH3 is 2. The Kier molecular flexibility index (Phi) is 9.84. The van der Waals surface area contributed by atoms with Crippen molar-refractivity contribution in [2.75, 3.05) is 60.2 Å². The van der Waals surface area contributed by atoms with Gasteiger partial charge in [0.15, 0.2) is 0 Å². The van der Waals surface area contributed by atoms with Crippen LogP contribution in [0.2, 0.25) is 5.02 Å². The second-order valence-corrected chi connectivity index (χ2v) is 7.33. The molecule has 0 saturated carbocycles. The number of likely N-dealkylation sites (tertiary alicyclic amines) is 1. The fourth-order valence-electron chi connectivity index (χ4n) is 3.20. The summed E-state index contributed by atoms with van der Waals surface area (Å²) in [4.78, 5) is 16.7. The number of allylic oxidation sites excluding steroid dienone is 1. The minimum atomic E-state index is 0.194. The quantitative estimate of drug-likeness (QED) is 0.611. The Balaban J connectivity index is 1.78. The maximum Gasteiger partial charge on any atom is 0.236 e. The van der Waals surface area contributed by atoms with Gasteiger partial charge >= 0.3 is 0 Å². The Hall–Kier alpha value is -1.40. The fraction of sp³-hybridized carbons (Fsp3) is 0.571. The highest BCUT2D eigenvalue weighted by molar-refractivity contribution is 6.30. The van der Waals surface area contributed by atoms with Gasteiger partial charge in [0.25, 0.3) is 0 Å². The lowest BCUT2D eigenvalue weighted by Gasteiger charge is -2.32. The highest BCUT2D eigenvalue weighted by atomic mass is 35.5. The molecule has 1 heterocycles. The molecule has 27 heavy (non-hydrogen) atoms. The van der Waals surface area contributed by atoms with Crippen molar-refractivity contribution >= 4 is 23.6 Å². The molecule has 5 nitrogen and oxygen atoms in total. The summed E-state index contributed by atoms with van der Waals surface area (Å²) in [5, 5.41) is 0.754. The standard InChI is InChI=1S/C21H31ClN2O3/c1-26-14-12-23(13-15-27-2)17-21(25)24-10-8-18(9-11-24)6-7-19-4-3-5-20(22)16-19/h3-7,16,18H,8-15,17H2,1-2H3. The van der Waals surface area contributed by atoms with Crippen LogP contribution in [0.3, 0.4) is 0 Å². The number of piperidine rings is 1. The molecule has 0 aliphatic carbocycles. The number of halogens is 1. The maximum absolute atomic E-state index is 12.6. The van der Waals surface area contributed by atoms with Gasteiger partial charge in [-0.2, -0.15) is 0 Å². The van der Waals surface area contributed by atoms with Gasteiger partial charge in [0.05, 0.1) is 19.8 Å². The van der Waals surface area contributed by atoms with E-state index in [1.165, 1.54) is 0 Å². The first-order valence-electron chi connectivity index (χ1n) is 9.54. The zero-order valence-electron chi connectivity index (χ0n) is 16.4. The largest absolute Gasteiger partial charge is 0.383 e. The zero-order valence-corrected chi connectivity index (χ0v) is 17.2. The Morgan fingerprint density at radius 3 is 2.48 bits per heavy atom. The van der Waals surface area contributed by atoms with Crippen molar-refractivity contribution < 1.29 is 14.3 Å². The molecule has 150 valence electrons. The molecule has 1 aliphatic heterocycles. The van der Waals surface area contributed by atoms with Crippen molar-refractivity contribution in [1.82, 2.24) is 9.80 Å². The monoisotopic (exact) mass is 394 g/mol. The molecule has 1 aliphatic rings. The van der Waals surface area contributed by atoms with Crippen LogP contribution in [0.4, 0.5) is 0 Å². The van der Waals surface area contributed by atoms with E-state index in [1.54, 1.807) is 14.2 Å². The molecule has 0 radical (unpaired) electrons. The van der Waals surface area contributed by atoms with Gasteiger partial charge in [0.1, 0.15) is 0 Å². The molecule has 1 fully saturated rings. The van der Waals surface area contributed by atoms with E-state index in [1.807, 2.05) is 23.1 Å². The number of hydrogen-bond donors (Lipinski definition) is 0. The highest BCUT2D eigenvalue weighted by Gasteiger charge is 2.22. The van der Waals surface area contributed by atoms with Crippen LogP contribution in [0.25, 0.3) is 6.08 Å². The Morgan fingerprint density at radius 1 is 1.22 bits per heavy atom. The van der Waals surface area contributed by atoms with Gasteiger partial charge in [-0.25, -0.2) is 0 Å². The van der Waals surface area contributed by atoms with Crippen molar-refractivity contribution in [2.45, 2.75) is 12.8 Å². The molecule has 1 amide bonds. The van der Waals surface area contributed by atoms with Crippen LogP contribution in [-0.4, -0.2) is 75.9 Å². The van der Waals surface area contributed by atoms with Crippen molar-refractivity contribution in [3.63, 3.8) is 0 Å². The second kappa shape index (κ2) is 12.1. The molecule has 2 rings (SSSR count). The summed E-state index contributed by atoms with van der Waals surface area (Å²) in [5.41, 5.74) is 1.12. The number of nitrogens with zero attached hydrogens (tertiary/aromatic N) is 2. The van der Waals surface area contributed by atoms with E-state index in [0.29, 0.717) is 25.7 Å². The van der Waals surface area contributed by atoms with Crippen LogP contribution in [0, 0.1) is 5.92 Å². The molecule has 0 N–H and O–H groups in total. The molecule has 0 spiro atoms. The van der Waals surface area contributed by atoms with Gasteiger partial charge in [0.2, 0.25) is 5.91 Å². The van der Waals surface area contributed by atoms with Crippen molar-refractivity contribution in [2.24, 2.45) is 5.92 Å². The molecular weight excluding hydrogens is 364 g/mol. The third-order valence-electron chi connectivity index (χ3n) is 4.88. The molecule has 1 saturated heterocycles. The van der Waals surface area contributed by atoms with E-state index < -0.39 is 0 Å². The Labute approximate surface area is 167 Å². The molecule has 0 bridgehead atoms. The number of carbonyl (C=O) groups is 1. The van der Waals surface area contributed by atoms with Crippen LogP contribution in [-0.2, 0) is 14.3 Å². The molecular formula is C21H31ClN2O3. The number of ether oxygens (including phenoxy) is 2. The van der Waals surface area contributed by atoms with E-state index in [-0.39, 0.29) is 5.91 Å². The molecule has 6 heteroatoms. The first-order valence-corrected chi connectivity index (χ1v) is 9.92. The van der Waals surface area contributed by atoms with Crippen LogP contribution in [0.1, 0.15) is 18.4 Å². The molecule has 1 aromatic rings. The van der Waals surface area contributed by atoms with E-state index in [4.69, 9.17) is 21.1 Å². The average molecular weight is 395 g/mol. The van der Waals surface area contributed by atoms with E-state index in [0.717, 1.165) is 49.6 Å². The maximum atomic E-state index is 12.6. The number of rotatable bonds is 10. The SMILES string of the molecule is COCCN(CCOC)CC(=O)N1CCC(C=Cc2cccc(Cl)c2)CC1. The lowest BCUT2D eigenvalue weighted by molar-refractivity contribution is -0.133. The van der Waals surface area contributed by atoms with Crippen molar-refractivity contribution in [3.05, 3.63) is 40.9 Å². The predicted octanol–water partition coefficient (Wildman–Crippen LogP) is 3.19. The van der Waals surface area contributed by atoms with E-state index >= 15 is 0 Å². The summed E-state index contributed by atoms with van der Waals surface area (Å²) in [5.74, 6) is 0.700. The smallest absolute Gasteiger partial charge is 0.236 e. The number of carbonyl (C=O) groups excluding carboxylic acids is 1. The first kappa shape index (κ1) is 21.9. The van der Waals surface area contributed by atoms with Gasteiger partial charge in [-0.3, -0.25) is 9.69 Å². The Morgan fingerprint density at radius 2 is 1.89 bits per heavy atom. The van der Waals surface area contributed by atoms with Crippen LogP contribution in [0.5, 0.6) is 0 Å². The molecule has 0 aromatic heterocycles. The minimum Gasteiger partial charge on any atom is -0.383 e. The lowest BCUT2D eigenvalue weighted by atomic mass is 9.95. The normalized spacial score (nSPS) is 15.8. The third-order valence-corrected chi connectivity index (χ3v) is 5.12. The first-order chi connectivity index (χ1) is 13.1. The van der Waals surface area contributed by atoms with E-state index in [9.17, 15) is 4.79 Å². The summed E-state index contributed by atoms with van der Waals surface area (Å²) < 4.78 is 10.3. The third kappa shape index (κ3) is 8.01. The zero-order chi connectivity index (χ0) is 19.5. The number of hydrogen-bond acceptors (Lipinski definition) is 4. The van der Waals surface area contributed by atoms with Crippen molar-refractivity contribution in [1.29, 1.82) is 0 Å². The molecule has 0 atom stereocenters. The predicted molar refractivity (Wildman–Crippen MR) is 110 cm³/mol. The highest BCUT2D eigenvalue weighted by Crippen LogP contribution is 2.21. The van der Waals surface area contributed by atoms with Crippen LogP contribution < -0.4 is 0 Å². The van der Waals surface area contributed by atoms with Gasteiger partial charge in [-0.15, -0.1) is 0 Å². The topological polar surface area (TPSA) is 42.0 Å². The van der Waals surface area contributed by atoms with Crippen molar-refractivity contribution in [3.8, 4) is 0 Å². The lowest BCUT2D eigenvalue weighted by Crippen LogP contribution is -2.45. The van der Waals surface area contributed by atoms with E-state index in [2.05, 4.69) is 23.1 Å². The number of benzene rings is 1. The summed E-state index contributed by atoms with van der Waals surface area (Å²) in [6.45, 7) is 4.77. The van der Waals surface area contributed by atoms with Gasteiger partial charge < -0.3 is 14.4 Å². The van der Waals surface area contributed by atoms with Crippen LogP contribution in [0.15, 0.2) is 30.3 Å². The number of amides is 1. The summed E-state index contributed by atoms with van der Waals surface area (Å²) in [6.07, 6.45) is 6.38.